The second kappa shape index (κ2) is 8.94. The molecule has 1 saturated heterocycles. The molecule has 134 valence electrons. The zero-order valence-electron chi connectivity index (χ0n) is 14.4. The Balaban J connectivity index is 1.55. The number of nitrogens with one attached hydrogen (secondary N) is 2. The van der Waals surface area contributed by atoms with Gasteiger partial charge >= 0.3 is 0 Å². The van der Waals surface area contributed by atoms with Crippen LogP contribution in [0.5, 0.6) is 0 Å². The fourth-order valence-corrected chi connectivity index (χ4v) is 2.71. The van der Waals surface area contributed by atoms with Crippen LogP contribution in [-0.2, 0) is 4.74 Å². The Morgan fingerprint density at radius 3 is 2.85 bits per heavy atom. The van der Waals surface area contributed by atoms with Crippen molar-refractivity contribution in [2.45, 2.75) is 0 Å². The van der Waals surface area contributed by atoms with Gasteiger partial charge in [-0.1, -0.05) is 6.07 Å². The molecule has 1 amide bonds. The van der Waals surface area contributed by atoms with E-state index < -0.39 is 0 Å². The fourth-order valence-electron chi connectivity index (χ4n) is 2.71. The summed E-state index contributed by atoms with van der Waals surface area (Å²) in [5.41, 5.74) is 2.46. The fraction of sp³-hybridized carbons (Fsp3) is 0.316. The number of amides is 1. The molecule has 0 bridgehead atoms. The number of ether oxygens (including phenoxy) is 1. The van der Waals surface area contributed by atoms with Gasteiger partial charge in [0.05, 0.1) is 24.8 Å². The van der Waals surface area contributed by atoms with Crippen LogP contribution in [0.4, 0.5) is 11.4 Å². The highest BCUT2D eigenvalue weighted by molar-refractivity contribution is 5.93. The van der Waals surface area contributed by atoms with Crippen LogP contribution in [0.1, 0.15) is 16.1 Å². The molecule has 1 fully saturated rings. The Morgan fingerprint density at radius 2 is 2.04 bits per heavy atom. The van der Waals surface area contributed by atoms with Crippen molar-refractivity contribution in [2.75, 3.05) is 44.7 Å². The number of rotatable bonds is 6. The third kappa shape index (κ3) is 5.02. The van der Waals surface area contributed by atoms with Crippen LogP contribution in [0.2, 0.25) is 0 Å². The molecule has 2 heterocycles. The lowest BCUT2D eigenvalue weighted by molar-refractivity contribution is 0.0383. The van der Waals surface area contributed by atoms with E-state index in [2.05, 4.69) is 26.6 Å². The second-order valence-electron chi connectivity index (χ2n) is 5.96. The average Bonchev–Trinajstić information content (AvgIpc) is 2.69. The molecule has 2 N–H and O–H groups in total. The highest BCUT2D eigenvalue weighted by atomic mass is 16.5. The number of nitrogens with zero attached hydrogens (tertiary/aromatic N) is 3. The SMILES string of the molecule is N#Cc1cccc(Nc2ccnc(C(=O)NCCN3CCOCC3)c2)c1. The van der Waals surface area contributed by atoms with E-state index in [9.17, 15) is 4.79 Å². The number of anilines is 2. The van der Waals surface area contributed by atoms with Crippen molar-refractivity contribution in [2.24, 2.45) is 0 Å². The van der Waals surface area contributed by atoms with E-state index in [4.69, 9.17) is 10.00 Å². The Labute approximate surface area is 152 Å². The van der Waals surface area contributed by atoms with Crippen molar-refractivity contribution >= 4 is 17.3 Å². The van der Waals surface area contributed by atoms with Crippen LogP contribution < -0.4 is 10.6 Å². The van der Waals surface area contributed by atoms with Crippen molar-refractivity contribution in [3.05, 3.63) is 53.9 Å². The largest absolute Gasteiger partial charge is 0.379 e. The lowest BCUT2D eigenvalue weighted by Gasteiger charge is -2.26. The molecule has 0 unspecified atom stereocenters. The van der Waals surface area contributed by atoms with E-state index in [1.165, 1.54) is 0 Å². The first-order valence-corrected chi connectivity index (χ1v) is 8.56. The molecule has 7 nitrogen and oxygen atoms in total. The molecular formula is C19H21N5O2. The van der Waals surface area contributed by atoms with Crippen LogP contribution >= 0.6 is 0 Å². The monoisotopic (exact) mass is 351 g/mol. The molecule has 1 aromatic carbocycles. The van der Waals surface area contributed by atoms with E-state index in [-0.39, 0.29) is 5.91 Å². The summed E-state index contributed by atoms with van der Waals surface area (Å²) in [6, 6.07) is 12.7. The summed E-state index contributed by atoms with van der Waals surface area (Å²) in [5, 5.41) is 15.1. The maximum Gasteiger partial charge on any atom is 0.269 e. The van der Waals surface area contributed by atoms with Crippen molar-refractivity contribution in [3.8, 4) is 6.07 Å². The normalized spacial score (nSPS) is 14.4. The number of aromatic nitrogens is 1. The molecule has 0 aliphatic carbocycles. The van der Waals surface area contributed by atoms with Crippen molar-refractivity contribution in [1.29, 1.82) is 5.26 Å². The number of hydrogen-bond acceptors (Lipinski definition) is 6. The number of carbonyl (C=O) groups excluding carboxylic acids is 1. The van der Waals surface area contributed by atoms with Crippen molar-refractivity contribution < 1.29 is 9.53 Å². The number of benzene rings is 1. The molecule has 2 aromatic rings. The maximum atomic E-state index is 12.3. The summed E-state index contributed by atoms with van der Waals surface area (Å²) >= 11 is 0. The lowest BCUT2D eigenvalue weighted by Crippen LogP contribution is -2.41. The summed E-state index contributed by atoms with van der Waals surface area (Å²) < 4.78 is 5.31. The van der Waals surface area contributed by atoms with E-state index in [1.54, 1.807) is 36.5 Å². The van der Waals surface area contributed by atoms with Gasteiger partial charge in [0.2, 0.25) is 0 Å². The first kappa shape index (κ1) is 17.9. The van der Waals surface area contributed by atoms with Gasteiger partial charge in [-0.3, -0.25) is 14.7 Å². The van der Waals surface area contributed by atoms with Gasteiger partial charge in [0, 0.05) is 43.8 Å². The van der Waals surface area contributed by atoms with Crippen LogP contribution in [-0.4, -0.2) is 55.2 Å². The third-order valence-corrected chi connectivity index (χ3v) is 4.09. The molecule has 3 rings (SSSR count). The first-order valence-electron chi connectivity index (χ1n) is 8.56. The molecule has 1 aromatic heterocycles. The lowest BCUT2D eigenvalue weighted by atomic mass is 10.2. The third-order valence-electron chi connectivity index (χ3n) is 4.09. The van der Waals surface area contributed by atoms with Gasteiger partial charge in [0.1, 0.15) is 5.69 Å². The Kier molecular flexibility index (Phi) is 6.14. The minimum absolute atomic E-state index is 0.201. The zero-order valence-corrected chi connectivity index (χ0v) is 14.4. The molecular weight excluding hydrogens is 330 g/mol. The highest BCUT2D eigenvalue weighted by Gasteiger charge is 2.12. The summed E-state index contributed by atoms with van der Waals surface area (Å²) in [6.07, 6.45) is 1.59. The van der Waals surface area contributed by atoms with E-state index in [1.807, 2.05) is 6.07 Å². The topological polar surface area (TPSA) is 90.3 Å². The quantitative estimate of drug-likeness (QED) is 0.824. The Hall–Kier alpha value is -2.95. The van der Waals surface area contributed by atoms with Gasteiger partial charge in [-0.15, -0.1) is 0 Å². The molecule has 1 aliphatic heterocycles. The van der Waals surface area contributed by atoms with Crippen molar-refractivity contribution in [3.63, 3.8) is 0 Å². The molecule has 0 atom stereocenters. The molecule has 1 aliphatic rings. The molecule has 0 radical (unpaired) electrons. The highest BCUT2D eigenvalue weighted by Crippen LogP contribution is 2.17. The number of hydrogen-bond donors (Lipinski definition) is 2. The van der Waals surface area contributed by atoms with Crippen LogP contribution in [0.25, 0.3) is 0 Å². The summed E-state index contributed by atoms with van der Waals surface area (Å²) in [6.45, 7) is 4.66. The van der Waals surface area contributed by atoms with Crippen LogP contribution in [0.3, 0.4) is 0 Å². The number of morpholine rings is 1. The number of nitriles is 1. The standard InChI is InChI=1S/C19H21N5O2/c20-14-15-2-1-3-16(12-15)23-17-4-5-21-18(13-17)19(25)22-6-7-24-8-10-26-11-9-24/h1-5,12-13H,6-11H2,(H,21,23)(H,22,25). The predicted molar refractivity (Wildman–Crippen MR) is 98.3 cm³/mol. The Bertz CT molecular complexity index is 797. The van der Waals surface area contributed by atoms with E-state index in [0.717, 1.165) is 44.2 Å². The second-order valence-corrected chi connectivity index (χ2v) is 5.96. The van der Waals surface area contributed by atoms with Gasteiger partial charge in [-0.05, 0) is 30.3 Å². The van der Waals surface area contributed by atoms with Gasteiger partial charge < -0.3 is 15.4 Å². The van der Waals surface area contributed by atoms with E-state index in [0.29, 0.717) is 17.8 Å². The molecule has 0 saturated carbocycles. The minimum atomic E-state index is -0.201. The van der Waals surface area contributed by atoms with Gasteiger partial charge in [0.25, 0.3) is 5.91 Å². The Morgan fingerprint density at radius 1 is 1.23 bits per heavy atom. The maximum absolute atomic E-state index is 12.3. The van der Waals surface area contributed by atoms with Crippen molar-refractivity contribution in [1.82, 2.24) is 15.2 Å². The van der Waals surface area contributed by atoms with Gasteiger partial charge in [-0.2, -0.15) is 5.26 Å². The molecule has 26 heavy (non-hydrogen) atoms. The van der Waals surface area contributed by atoms with Gasteiger partial charge in [-0.25, -0.2) is 0 Å². The summed E-state index contributed by atoms with van der Waals surface area (Å²) in [5.74, 6) is -0.201. The molecule has 0 spiro atoms. The first-order chi connectivity index (χ1) is 12.7. The predicted octanol–water partition coefficient (Wildman–Crippen LogP) is 1.76. The van der Waals surface area contributed by atoms with E-state index >= 15 is 0 Å². The van der Waals surface area contributed by atoms with Crippen LogP contribution in [0.15, 0.2) is 42.6 Å². The van der Waals surface area contributed by atoms with Gasteiger partial charge in [0.15, 0.2) is 0 Å². The van der Waals surface area contributed by atoms with Crippen LogP contribution in [0, 0.1) is 11.3 Å². The smallest absolute Gasteiger partial charge is 0.269 e. The summed E-state index contributed by atoms with van der Waals surface area (Å²) in [4.78, 5) is 18.7. The molecule has 7 heteroatoms. The minimum Gasteiger partial charge on any atom is -0.379 e. The zero-order chi connectivity index (χ0) is 18.2. The number of pyridine rings is 1. The summed E-state index contributed by atoms with van der Waals surface area (Å²) in [7, 11) is 0. The number of carbonyl (C=O) groups is 1. The average molecular weight is 351 g/mol.